The van der Waals surface area contributed by atoms with Crippen molar-refractivity contribution >= 4 is 33.9 Å². The summed E-state index contributed by atoms with van der Waals surface area (Å²) >= 11 is 0. The van der Waals surface area contributed by atoms with Crippen molar-refractivity contribution in [2.24, 2.45) is 0 Å². The molecule has 4 rings (SSSR count). The molecule has 2 aromatic heterocycles. The van der Waals surface area contributed by atoms with Gasteiger partial charge in [-0.15, -0.1) is 0 Å². The molecule has 4 aromatic rings. The van der Waals surface area contributed by atoms with E-state index in [1.807, 2.05) is 0 Å². The normalized spacial score (nSPS) is 10.4. The van der Waals surface area contributed by atoms with Crippen molar-refractivity contribution in [2.75, 3.05) is 13.2 Å². The van der Waals surface area contributed by atoms with E-state index in [0.29, 0.717) is 32.5 Å². The first-order chi connectivity index (χ1) is 16.8. The number of rotatable bonds is 10. The van der Waals surface area contributed by atoms with Crippen LogP contribution in [0.3, 0.4) is 0 Å². The summed E-state index contributed by atoms with van der Waals surface area (Å²) < 4.78 is 21.8. The standard InChI is InChI=1S/C25H20O10.2Na/c26-14-12-20(24(28)29)34-18-8-4-6-16(22(14)18)32-10-2-1-3-11-33-17-7-5-9-19-23(17)15(27)13-21(35-19)25(30)31;;/h4-9,12-13H,1-3,10-11H2,(H,28,29)(H,30,31);;/q;2*+1/p-2. The second kappa shape index (κ2) is 13.8. The molecule has 0 fully saturated rings. The van der Waals surface area contributed by atoms with Crippen LogP contribution in [0.15, 0.2) is 67.0 Å². The van der Waals surface area contributed by atoms with Gasteiger partial charge in [-0.2, -0.15) is 0 Å². The van der Waals surface area contributed by atoms with Crippen LogP contribution in [0.25, 0.3) is 21.9 Å². The number of carboxylic acids is 2. The molecule has 12 heteroatoms. The van der Waals surface area contributed by atoms with Crippen molar-refractivity contribution in [3.05, 3.63) is 80.5 Å². The number of fused-ring (bicyclic) bond motifs is 2. The molecule has 10 nitrogen and oxygen atoms in total. The Balaban J connectivity index is 0.00000241. The van der Waals surface area contributed by atoms with Crippen molar-refractivity contribution in [1.29, 1.82) is 0 Å². The van der Waals surface area contributed by atoms with E-state index in [-0.39, 0.29) is 92.6 Å². The Labute approximate surface area is 253 Å². The molecule has 0 aliphatic carbocycles. The van der Waals surface area contributed by atoms with Crippen LogP contribution in [-0.4, -0.2) is 25.2 Å². The molecule has 2 heterocycles. The first kappa shape index (κ1) is 30.6. The van der Waals surface area contributed by atoms with Crippen LogP contribution in [0.4, 0.5) is 0 Å². The number of carbonyl (C=O) groups is 2. The zero-order chi connectivity index (χ0) is 24.9. The van der Waals surface area contributed by atoms with Crippen LogP contribution in [-0.2, 0) is 0 Å². The molecule has 0 bridgehead atoms. The third-order valence-electron chi connectivity index (χ3n) is 5.14. The van der Waals surface area contributed by atoms with Crippen molar-refractivity contribution in [3.63, 3.8) is 0 Å². The number of hydrogen-bond donors (Lipinski definition) is 0. The first-order valence-electron chi connectivity index (χ1n) is 10.7. The fourth-order valence-corrected chi connectivity index (χ4v) is 3.54. The molecule has 0 N–H and O–H groups in total. The van der Waals surface area contributed by atoms with E-state index in [0.717, 1.165) is 12.1 Å². The van der Waals surface area contributed by atoms with Crippen molar-refractivity contribution in [3.8, 4) is 11.5 Å². The average molecular weight is 524 g/mol. The quantitative estimate of drug-likeness (QED) is 0.146. The topological polar surface area (TPSA) is 159 Å². The number of carbonyl (C=O) groups excluding carboxylic acids is 2. The zero-order valence-corrected chi connectivity index (χ0v) is 24.2. The first-order valence-corrected chi connectivity index (χ1v) is 10.7. The summed E-state index contributed by atoms with van der Waals surface area (Å²) in [5, 5.41) is 22.2. The fourth-order valence-electron chi connectivity index (χ4n) is 3.54. The summed E-state index contributed by atoms with van der Waals surface area (Å²) in [6, 6.07) is 11.0. The van der Waals surface area contributed by atoms with E-state index in [1.54, 1.807) is 24.3 Å². The van der Waals surface area contributed by atoms with Gasteiger partial charge >= 0.3 is 59.1 Å². The van der Waals surface area contributed by atoms with Crippen molar-refractivity contribution in [2.45, 2.75) is 19.3 Å². The predicted molar refractivity (Wildman–Crippen MR) is 118 cm³/mol. The maximum absolute atomic E-state index is 12.3. The van der Waals surface area contributed by atoms with Gasteiger partial charge in [-0.3, -0.25) is 9.59 Å². The van der Waals surface area contributed by atoms with E-state index >= 15 is 0 Å². The second-order valence-electron chi connectivity index (χ2n) is 7.54. The van der Waals surface area contributed by atoms with Gasteiger partial charge < -0.3 is 38.1 Å². The molecule has 0 aliphatic heterocycles. The second-order valence-corrected chi connectivity index (χ2v) is 7.54. The predicted octanol–water partition coefficient (Wildman–Crippen LogP) is -4.74. The van der Waals surface area contributed by atoms with E-state index in [2.05, 4.69) is 0 Å². The van der Waals surface area contributed by atoms with Crippen LogP contribution in [0.1, 0.15) is 40.4 Å². The summed E-state index contributed by atoms with van der Waals surface area (Å²) in [7, 11) is 0. The summed E-state index contributed by atoms with van der Waals surface area (Å²) in [5.41, 5.74) is -0.899. The van der Waals surface area contributed by atoms with Gasteiger partial charge in [0.05, 0.1) is 13.2 Å². The molecule has 0 atom stereocenters. The van der Waals surface area contributed by atoms with E-state index in [1.165, 1.54) is 12.1 Å². The van der Waals surface area contributed by atoms with Crippen LogP contribution >= 0.6 is 0 Å². The Morgan fingerprint density at radius 2 is 1.08 bits per heavy atom. The van der Waals surface area contributed by atoms with Gasteiger partial charge in [0.1, 0.15) is 45.4 Å². The molecule has 0 saturated heterocycles. The zero-order valence-electron chi connectivity index (χ0n) is 20.2. The van der Waals surface area contributed by atoms with Gasteiger partial charge in [-0.05, 0) is 43.5 Å². The maximum atomic E-state index is 12.3. The van der Waals surface area contributed by atoms with Gasteiger partial charge in [0, 0.05) is 12.1 Å². The third-order valence-corrected chi connectivity index (χ3v) is 5.14. The minimum Gasteiger partial charge on any atom is -0.542 e. The molecule has 180 valence electrons. The van der Waals surface area contributed by atoms with Gasteiger partial charge in [0.25, 0.3) is 0 Å². The largest absolute Gasteiger partial charge is 1.00 e. The van der Waals surface area contributed by atoms with Crippen molar-refractivity contribution in [1.82, 2.24) is 0 Å². The maximum Gasteiger partial charge on any atom is 1.00 e. The number of unbranched alkanes of at least 4 members (excludes halogenated alkanes) is 2. The Morgan fingerprint density at radius 1 is 0.676 bits per heavy atom. The summed E-state index contributed by atoms with van der Waals surface area (Å²) in [6.45, 7) is 0.593. The molecule has 0 unspecified atom stereocenters. The van der Waals surface area contributed by atoms with Gasteiger partial charge in [0.15, 0.2) is 22.4 Å². The molecule has 0 aliphatic rings. The van der Waals surface area contributed by atoms with Crippen LogP contribution in [0.5, 0.6) is 11.5 Å². The minimum absolute atomic E-state index is 0. The molecular formula is C25H18Na2O10. The number of benzene rings is 2. The number of ether oxygens (including phenoxy) is 2. The molecule has 0 saturated carbocycles. The molecule has 37 heavy (non-hydrogen) atoms. The molecule has 2 aromatic carbocycles. The van der Waals surface area contributed by atoms with E-state index < -0.39 is 34.3 Å². The SMILES string of the molecule is O=C([O-])c1cc(=O)c2c(OCCCCCOc3cccc4oc(C(=O)[O-])cc(=O)c34)cccc2o1.[Na+].[Na+]. The third kappa shape index (κ3) is 7.25. The molecular weight excluding hydrogens is 506 g/mol. The van der Waals surface area contributed by atoms with Crippen LogP contribution in [0.2, 0.25) is 0 Å². The van der Waals surface area contributed by atoms with Gasteiger partial charge in [-0.25, -0.2) is 0 Å². The monoisotopic (exact) mass is 524 g/mol. The summed E-state index contributed by atoms with van der Waals surface area (Å²) in [5.74, 6) is -3.69. The minimum atomic E-state index is -1.58. The molecule has 0 amide bonds. The molecule has 0 radical (unpaired) electrons. The summed E-state index contributed by atoms with van der Waals surface area (Å²) in [6.07, 6.45) is 1.98. The Hall–Kier alpha value is -2.60. The average Bonchev–Trinajstić information content (AvgIpc) is 2.82. The molecule has 0 spiro atoms. The number of hydrogen-bond acceptors (Lipinski definition) is 10. The van der Waals surface area contributed by atoms with E-state index in [9.17, 15) is 29.4 Å². The smallest absolute Gasteiger partial charge is 0.542 e. The van der Waals surface area contributed by atoms with Gasteiger partial charge in [-0.1, -0.05) is 12.1 Å². The van der Waals surface area contributed by atoms with Crippen LogP contribution < -0.4 is 89.7 Å². The van der Waals surface area contributed by atoms with Crippen molar-refractivity contribution < 1.29 is 97.2 Å². The van der Waals surface area contributed by atoms with Crippen LogP contribution in [0, 0.1) is 0 Å². The van der Waals surface area contributed by atoms with Gasteiger partial charge in [0.2, 0.25) is 0 Å². The fraction of sp³-hybridized carbons (Fsp3) is 0.200. The number of aromatic carboxylic acids is 2. The number of carboxylic acid groups (broad SMARTS) is 2. The Morgan fingerprint density at radius 3 is 1.46 bits per heavy atom. The Bertz CT molecular complexity index is 1430. The Kier molecular flexibility index (Phi) is 11.4. The summed E-state index contributed by atoms with van der Waals surface area (Å²) in [4.78, 5) is 46.5. The van der Waals surface area contributed by atoms with E-state index in [4.69, 9.17) is 18.3 Å².